The Bertz CT molecular complexity index is 1010. The van der Waals surface area contributed by atoms with Gasteiger partial charge in [-0.15, -0.1) is 0 Å². The van der Waals surface area contributed by atoms with E-state index in [1.54, 1.807) is 25.2 Å². The number of Topliss-reactive ketones (excluding diaryl/α,β-unsaturated/α-hetero) is 1. The standard InChI is InChI=1S/C24H33FN4O3/c1-24(2,3)16(23(31)26-4)13-18(30)21-17-14-28(5)11-8-12-29(17)22(27-21)15-9-7-10-19(32-6)20(15)25/h7,9-10,16H,8,11-14H2,1-6H3,(H,26,31)/t16-/m1/s1. The summed E-state index contributed by atoms with van der Waals surface area (Å²) in [6.07, 6.45) is 0.895. The highest BCUT2D eigenvalue weighted by atomic mass is 19.1. The van der Waals surface area contributed by atoms with Crippen molar-refractivity contribution in [2.75, 3.05) is 27.7 Å². The Morgan fingerprint density at radius 3 is 2.62 bits per heavy atom. The van der Waals surface area contributed by atoms with Crippen molar-refractivity contribution in [3.8, 4) is 17.1 Å². The topological polar surface area (TPSA) is 76.5 Å². The van der Waals surface area contributed by atoms with Crippen molar-refractivity contribution in [2.45, 2.75) is 46.7 Å². The van der Waals surface area contributed by atoms with E-state index in [4.69, 9.17) is 4.74 Å². The second-order valence-electron chi connectivity index (χ2n) is 9.46. The van der Waals surface area contributed by atoms with Crippen LogP contribution in [0.25, 0.3) is 11.4 Å². The van der Waals surface area contributed by atoms with Gasteiger partial charge < -0.3 is 19.5 Å². The maximum absolute atomic E-state index is 15.1. The zero-order valence-corrected chi connectivity index (χ0v) is 19.8. The van der Waals surface area contributed by atoms with E-state index in [0.29, 0.717) is 30.2 Å². The molecule has 1 amide bonds. The van der Waals surface area contributed by atoms with Crippen LogP contribution in [0.2, 0.25) is 0 Å². The fourth-order valence-corrected chi connectivity index (χ4v) is 4.24. The first-order valence-electron chi connectivity index (χ1n) is 10.9. The van der Waals surface area contributed by atoms with Gasteiger partial charge in [-0.25, -0.2) is 9.37 Å². The van der Waals surface area contributed by atoms with Crippen molar-refractivity contribution in [3.05, 3.63) is 35.4 Å². The molecule has 32 heavy (non-hydrogen) atoms. The Morgan fingerprint density at radius 2 is 2.00 bits per heavy atom. The normalized spacial score (nSPS) is 15.6. The number of nitrogens with one attached hydrogen (secondary N) is 1. The Labute approximate surface area is 189 Å². The average Bonchev–Trinajstić information content (AvgIpc) is 2.96. The van der Waals surface area contributed by atoms with Gasteiger partial charge in [0.15, 0.2) is 17.3 Å². The van der Waals surface area contributed by atoms with Gasteiger partial charge in [0.2, 0.25) is 5.91 Å². The Hall–Kier alpha value is -2.74. The highest BCUT2D eigenvalue weighted by Gasteiger charge is 2.35. The summed E-state index contributed by atoms with van der Waals surface area (Å²) >= 11 is 0. The number of halogens is 1. The summed E-state index contributed by atoms with van der Waals surface area (Å²) in [6.45, 7) is 7.85. The van der Waals surface area contributed by atoms with Crippen molar-refractivity contribution in [2.24, 2.45) is 11.3 Å². The number of methoxy groups -OCH3 is 1. The summed E-state index contributed by atoms with van der Waals surface area (Å²) < 4.78 is 22.2. The lowest BCUT2D eigenvalue weighted by molar-refractivity contribution is -0.127. The molecule has 8 heteroatoms. The van der Waals surface area contributed by atoms with E-state index in [9.17, 15) is 9.59 Å². The second-order valence-corrected chi connectivity index (χ2v) is 9.46. The van der Waals surface area contributed by atoms with Gasteiger partial charge in [-0.2, -0.15) is 0 Å². The number of ether oxygens (including phenoxy) is 1. The number of fused-ring (bicyclic) bond motifs is 1. The first-order valence-corrected chi connectivity index (χ1v) is 10.9. The largest absolute Gasteiger partial charge is 0.494 e. The van der Waals surface area contributed by atoms with Crippen LogP contribution >= 0.6 is 0 Å². The Kier molecular flexibility index (Phi) is 7.03. The van der Waals surface area contributed by atoms with Crippen LogP contribution in [0.4, 0.5) is 4.39 Å². The van der Waals surface area contributed by atoms with Crippen LogP contribution in [0.5, 0.6) is 5.75 Å². The second kappa shape index (κ2) is 9.40. The molecule has 0 spiro atoms. The van der Waals surface area contributed by atoms with E-state index >= 15 is 4.39 Å². The van der Waals surface area contributed by atoms with Gasteiger partial charge in [-0.1, -0.05) is 26.8 Å². The number of hydrogen-bond donors (Lipinski definition) is 1. The number of ketones is 1. The minimum Gasteiger partial charge on any atom is -0.494 e. The predicted molar refractivity (Wildman–Crippen MR) is 121 cm³/mol. The highest BCUT2D eigenvalue weighted by Crippen LogP contribution is 2.34. The quantitative estimate of drug-likeness (QED) is 0.690. The van der Waals surface area contributed by atoms with Gasteiger partial charge >= 0.3 is 0 Å². The molecular weight excluding hydrogens is 411 g/mol. The smallest absolute Gasteiger partial charge is 0.223 e. The molecule has 0 unspecified atom stereocenters. The van der Waals surface area contributed by atoms with Crippen molar-refractivity contribution >= 4 is 11.7 Å². The van der Waals surface area contributed by atoms with Crippen LogP contribution in [0.3, 0.4) is 0 Å². The zero-order valence-electron chi connectivity index (χ0n) is 19.8. The highest BCUT2D eigenvalue weighted by molar-refractivity contribution is 5.99. The molecule has 1 aliphatic rings. The fourth-order valence-electron chi connectivity index (χ4n) is 4.24. The number of nitrogens with zero attached hydrogens (tertiary/aromatic N) is 3. The molecular formula is C24H33FN4O3. The third-order valence-corrected chi connectivity index (χ3v) is 6.10. The SMILES string of the molecule is CNC(=O)[C@@H](CC(=O)c1nc(-c2cccc(OC)c2F)n2c1CN(C)CCC2)C(C)(C)C. The number of carbonyl (C=O) groups excluding carboxylic acids is 2. The molecule has 3 rings (SSSR count). The molecule has 1 atom stereocenters. The van der Waals surface area contributed by atoms with Crippen LogP contribution in [0.1, 0.15) is 49.8 Å². The molecule has 1 N–H and O–H groups in total. The van der Waals surface area contributed by atoms with Gasteiger partial charge in [0, 0.05) is 26.6 Å². The third kappa shape index (κ3) is 4.70. The van der Waals surface area contributed by atoms with Crippen molar-refractivity contribution in [3.63, 3.8) is 0 Å². The summed E-state index contributed by atoms with van der Waals surface area (Å²) in [5.41, 5.74) is 0.976. The molecule has 0 fully saturated rings. The van der Waals surface area contributed by atoms with Gasteiger partial charge in [-0.3, -0.25) is 9.59 Å². The molecule has 0 bridgehead atoms. The van der Waals surface area contributed by atoms with E-state index in [-0.39, 0.29) is 23.9 Å². The molecule has 1 aliphatic heterocycles. The Morgan fingerprint density at radius 1 is 1.28 bits per heavy atom. The summed E-state index contributed by atoms with van der Waals surface area (Å²) in [7, 11) is 4.99. The molecule has 0 saturated carbocycles. The number of imidazole rings is 1. The molecule has 0 saturated heterocycles. The predicted octanol–water partition coefficient (Wildman–Crippen LogP) is 3.51. The van der Waals surface area contributed by atoms with E-state index in [2.05, 4.69) is 15.2 Å². The summed E-state index contributed by atoms with van der Waals surface area (Å²) in [4.78, 5) is 32.8. The number of amides is 1. The van der Waals surface area contributed by atoms with Crippen LogP contribution in [-0.2, 0) is 17.9 Å². The van der Waals surface area contributed by atoms with Gasteiger partial charge in [0.1, 0.15) is 11.5 Å². The van der Waals surface area contributed by atoms with Crippen molar-refractivity contribution in [1.82, 2.24) is 19.8 Å². The van der Waals surface area contributed by atoms with Crippen molar-refractivity contribution in [1.29, 1.82) is 0 Å². The lowest BCUT2D eigenvalue weighted by Gasteiger charge is -2.28. The molecule has 1 aromatic heterocycles. The van der Waals surface area contributed by atoms with Gasteiger partial charge in [0.05, 0.1) is 24.3 Å². The first kappa shape index (κ1) is 23.9. The number of hydrogen-bond acceptors (Lipinski definition) is 5. The maximum Gasteiger partial charge on any atom is 0.223 e. The van der Waals surface area contributed by atoms with Gasteiger partial charge in [-0.05, 0) is 37.6 Å². The third-order valence-electron chi connectivity index (χ3n) is 6.10. The minimum atomic E-state index is -0.502. The molecule has 174 valence electrons. The van der Waals surface area contributed by atoms with E-state index in [0.717, 1.165) is 18.7 Å². The maximum atomic E-state index is 15.1. The molecule has 2 heterocycles. The lowest BCUT2D eigenvalue weighted by atomic mass is 9.77. The number of rotatable bonds is 6. The minimum absolute atomic E-state index is 0.0386. The molecule has 2 aromatic rings. The van der Waals surface area contributed by atoms with Crippen LogP contribution in [0.15, 0.2) is 18.2 Å². The van der Waals surface area contributed by atoms with E-state index in [1.165, 1.54) is 7.11 Å². The summed E-state index contributed by atoms with van der Waals surface area (Å²) in [5, 5.41) is 2.67. The van der Waals surface area contributed by atoms with Crippen LogP contribution in [-0.4, -0.2) is 53.9 Å². The van der Waals surface area contributed by atoms with E-state index < -0.39 is 17.2 Å². The molecule has 0 radical (unpaired) electrons. The monoisotopic (exact) mass is 444 g/mol. The number of aromatic nitrogens is 2. The average molecular weight is 445 g/mol. The number of benzene rings is 1. The zero-order chi connectivity index (χ0) is 23.6. The molecule has 7 nitrogen and oxygen atoms in total. The first-order chi connectivity index (χ1) is 15.1. The van der Waals surface area contributed by atoms with Crippen LogP contribution in [0, 0.1) is 17.2 Å². The van der Waals surface area contributed by atoms with Crippen LogP contribution < -0.4 is 10.1 Å². The summed E-state index contributed by atoms with van der Waals surface area (Å²) in [5.74, 6) is -0.835. The summed E-state index contributed by atoms with van der Waals surface area (Å²) in [6, 6.07) is 4.92. The van der Waals surface area contributed by atoms with E-state index in [1.807, 2.05) is 32.4 Å². The van der Waals surface area contributed by atoms with Gasteiger partial charge in [0.25, 0.3) is 0 Å². The molecule has 0 aliphatic carbocycles. The molecule has 1 aromatic carbocycles. The van der Waals surface area contributed by atoms with Crippen molar-refractivity contribution < 1.29 is 18.7 Å². The Balaban J connectivity index is 2.11. The lowest BCUT2D eigenvalue weighted by Crippen LogP contribution is -2.37. The number of carbonyl (C=O) groups is 2. The fraction of sp³-hybridized carbons (Fsp3) is 0.542.